The molecule has 0 aliphatic carbocycles. The molecule has 1 aromatic rings. The van der Waals surface area contributed by atoms with Crippen LogP contribution in [0.3, 0.4) is 0 Å². The Labute approximate surface area is 94.2 Å². The van der Waals surface area contributed by atoms with Crippen LogP contribution in [0, 0.1) is 12.7 Å². The van der Waals surface area contributed by atoms with Crippen molar-refractivity contribution in [3.63, 3.8) is 0 Å². The van der Waals surface area contributed by atoms with Gasteiger partial charge in [-0.3, -0.25) is 0 Å². The van der Waals surface area contributed by atoms with Crippen LogP contribution in [0.15, 0.2) is 18.2 Å². The molecule has 16 heavy (non-hydrogen) atoms. The quantitative estimate of drug-likeness (QED) is 0.806. The Morgan fingerprint density at radius 2 is 2.31 bits per heavy atom. The van der Waals surface area contributed by atoms with Gasteiger partial charge >= 0.3 is 0 Å². The summed E-state index contributed by atoms with van der Waals surface area (Å²) in [6.07, 6.45) is -0.444. The van der Waals surface area contributed by atoms with E-state index in [0.29, 0.717) is 19.8 Å². The summed E-state index contributed by atoms with van der Waals surface area (Å²) in [4.78, 5) is 0. The van der Waals surface area contributed by atoms with Crippen LogP contribution in [0.25, 0.3) is 0 Å². The minimum Gasteiger partial charge on any atom is -0.389 e. The van der Waals surface area contributed by atoms with Gasteiger partial charge < -0.3 is 15.2 Å². The molecule has 1 fully saturated rings. The monoisotopic (exact) mass is 225 g/mol. The van der Waals surface area contributed by atoms with Crippen molar-refractivity contribution in [1.29, 1.82) is 0 Å². The van der Waals surface area contributed by atoms with Crippen LogP contribution >= 0.6 is 0 Å². The van der Waals surface area contributed by atoms with Crippen molar-refractivity contribution in [1.82, 2.24) is 5.32 Å². The molecule has 0 spiro atoms. The summed E-state index contributed by atoms with van der Waals surface area (Å²) >= 11 is 0. The van der Waals surface area contributed by atoms with Crippen LogP contribution in [-0.4, -0.2) is 30.5 Å². The van der Waals surface area contributed by atoms with Gasteiger partial charge in [0.15, 0.2) is 0 Å². The zero-order valence-electron chi connectivity index (χ0n) is 9.24. The number of rotatable bonds is 3. The lowest BCUT2D eigenvalue weighted by molar-refractivity contribution is 0.122. The van der Waals surface area contributed by atoms with Gasteiger partial charge in [-0.05, 0) is 30.2 Å². The smallest absolute Gasteiger partial charge is 0.123 e. The summed E-state index contributed by atoms with van der Waals surface area (Å²) < 4.78 is 18.0. The highest BCUT2D eigenvalue weighted by molar-refractivity contribution is 5.26. The minimum atomic E-state index is -0.444. The van der Waals surface area contributed by atoms with Crippen LogP contribution < -0.4 is 5.32 Å². The van der Waals surface area contributed by atoms with Gasteiger partial charge in [-0.15, -0.1) is 0 Å². The summed E-state index contributed by atoms with van der Waals surface area (Å²) in [6.45, 7) is 3.42. The maximum Gasteiger partial charge on any atom is 0.123 e. The minimum absolute atomic E-state index is 0.0237. The van der Waals surface area contributed by atoms with Crippen molar-refractivity contribution in [2.24, 2.45) is 0 Å². The molecule has 0 bridgehead atoms. The van der Waals surface area contributed by atoms with Crippen molar-refractivity contribution in [2.45, 2.75) is 25.6 Å². The van der Waals surface area contributed by atoms with Gasteiger partial charge in [-0.1, -0.05) is 6.07 Å². The highest BCUT2D eigenvalue weighted by Gasteiger charge is 2.25. The standard InChI is InChI=1S/C12H16FNO2/c1-8-4-10(13)3-2-9(8)5-14-11-6-16-7-12(11)15/h2-4,11-12,14-15H,5-7H2,1H3. The predicted molar refractivity (Wildman–Crippen MR) is 58.6 cm³/mol. The molecule has 1 aliphatic rings. The summed E-state index contributed by atoms with van der Waals surface area (Å²) in [5, 5.41) is 12.7. The summed E-state index contributed by atoms with van der Waals surface area (Å²) in [5.74, 6) is -0.217. The Balaban J connectivity index is 1.94. The molecule has 0 amide bonds. The summed E-state index contributed by atoms with van der Waals surface area (Å²) in [7, 11) is 0. The Morgan fingerprint density at radius 1 is 1.50 bits per heavy atom. The van der Waals surface area contributed by atoms with Gasteiger partial charge in [-0.2, -0.15) is 0 Å². The van der Waals surface area contributed by atoms with Gasteiger partial charge in [-0.25, -0.2) is 4.39 Å². The summed E-state index contributed by atoms with van der Waals surface area (Å²) in [5.41, 5.74) is 1.96. The topological polar surface area (TPSA) is 41.5 Å². The van der Waals surface area contributed by atoms with E-state index in [4.69, 9.17) is 4.74 Å². The molecule has 88 valence electrons. The number of nitrogens with one attached hydrogen (secondary N) is 1. The highest BCUT2D eigenvalue weighted by Crippen LogP contribution is 2.11. The SMILES string of the molecule is Cc1cc(F)ccc1CNC1COCC1O. The number of hydrogen-bond donors (Lipinski definition) is 2. The lowest BCUT2D eigenvalue weighted by atomic mass is 10.1. The average molecular weight is 225 g/mol. The molecule has 4 heteroatoms. The van der Waals surface area contributed by atoms with E-state index in [0.717, 1.165) is 11.1 Å². The fraction of sp³-hybridized carbons (Fsp3) is 0.500. The van der Waals surface area contributed by atoms with Crippen LogP contribution in [0.4, 0.5) is 4.39 Å². The molecule has 3 nitrogen and oxygen atoms in total. The van der Waals surface area contributed by atoms with Crippen LogP contribution in [-0.2, 0) is 11.3 Å². The maximum absolute atomic E-state index is 12.9. The molecule has 0 radical (unpaired) electrons. The van der Waals surface area contributed by atoms with Gasteiger partial charge in [0.1, 0.15) is 5.82 Å². The molecular weight excluding hydrogens is 209 g/mol. The van der Waals surface area contributed by atoms with Crippen molar-refractivity contribution in [3.05, 3.63) is 35.1 Å². The van der Waals surface area contributed by atoms with E-state index in [2.05, 4.69) is 5.32 Å². The molecule has 2 rings (SSSR count). The number of aryl methyl sites for hydroxylation is 1. The van der Waals surface area contributed by atoms with E-state index in [1.165, 1.54) is 12.1 Å². The number of ether oxygens (including phenoxy) is 1. The first-order chi connectivity index (χ1) is 7.66. The van der Waals surface area contributed by atoms with Gasteiger partial charge in [0, 0.05) is 6.54 Å². The van der Waals surface area contributed by atoms with Crippen molar-refractivity contribution in [2.75, 3.05) is 13.2 Å². The van der Waals surface area contributed by atoms with E-state index in [-0.39, 0.29) is 11.9 Å². The number of aliphatic hydroxyl groups excluding tert-OH is 1. The van der Waals surface area contributed by atoms with Crippen LogP contribution in [0.5, 0.6) is 0 Å². The van der Waals surface area contributed by atoms with E-state index >= 15 is 0 Å². The third-order valence-electron chi connectivity index (χ3n) is 2.91. The molecule has 0 aromatic heterocycles. The zero-order chi connectivity index (χ0) is 11.5. The molecule has 1 aromatic carbocycles. The van der Waals surface area contributed by atoms with E-state index in [1.807, 2.05) is 6.92 Å². The fourth-order valence-corrected chi connectivity index (χ4v) is 1.84. The molecule has 1 aliphatic heterocycles. The second-order valence-electron chi connectivity index (χ2n) is 4.16. The van der Waals surface area contributed by atoms with Gasteiger partial charge in [0.05, 0.1) is 25.4 Å². The van der Waals surface area contributed by atoms with E-state index < -0.39 is 6.10 Å². The molecule has 2 atom stereocenters. The Hall–Kier alpha value is -0.970. The lowest BCUT2D eigenvalue weighted by Gasteiger charge is -2.15. The van der Waals surface area contributed by atoms with E-state index in [9.17, 15) is 9.50 Å². The second-order valence-corrected chi connectivity index (χ2v) is 4.16. The first-order valence-electron chi connectivity index (χ1n) is 5.41. The molecule has 2 N–H and O–H groups in total. The normalized spacial score (nSPS) is 24.9. The molecule has 2 unspecified atom stereocenters. The maximum atomic E-state index is 12.9. The number of hydrogen-bond acceptors (Lipinski definition) is 3. The van der Waals surface area contributed by atoms with Crippen LogP contribution in [0.1, 0.15) is 11.1 Å². The molecule has 1 heterocycles. The number of benzene rings is 1. The van der Waals surface area contributed by atoms with Crippen molar-refractivity contribution < 1.29 is 14.2 Å². The number of halogens is 1. The Morgan fingerprint density at radius 3 is 2.94 bits per heavy atom. The molecule has 1 saturated heterocycles. The van der Waals surface area contributed by atoms with Gasteiger partial charge in [0.25, 0.3) is 0 Å². The summed E-state index contributed by atoms with van der Waals surface area (Å²) in [6, 6.07) is 4.70. The molecule has 0 saturated carbocycles. The Kier molecular flexibility index (Phi) is 3.53. The number of aliphatic hydroxyl groups is 1. The first kappa shape index (κ1) is 11.5. The average Bonchev–Trinajstić information content (AvgIpc) is 2.63. The zero-order valence-corrected chi connectivity index (χ0v) is 9.24. The third-order valence-corrected chi connectivity index (χ3v) is 2.91. The van der Waals surface area contributed by atoms with Crippen LogP contribution in [0.2, 0.25) is 0 Å². The van der Waals surface area contributed by atoms with Gasteiger partial charge in [0.2, 0.25) is 0 Å². The van der Waals surface area contributed by atoms with E-state index in [1.54, 1.807) is 6.07 Å². The molecular formula is C12H16FNO2. The van der Waals surface area contributed by atoms with Crippen molar-refractivity contribution >= 4 is 0 Å². The highest BCUT2D eigenvalue weighted by atomic mass is 19.1. The second kappa shape index (κ2) is 4.91. The lowest BCUT2D eigenvalue weighted by Crippen LogP contribution is -2.38. The fourth-order valence-electron chi connectivity index (χ4n) is 1.84. The largest absolute Gasteiger partial charge is 0.389 e. The predicted octanol–water partition coefficient (Wildman–Crippen LogP) is 0.983. The first-order valence-corrected chi connectivity index (χ1v) is 5.41. The Bertz CT molecular complexity index is 370. The third kappa shape index (κ3) is 2.58. The van der Waals surface area contributed by atoms with Crippen molar-refractivity contribution in [3.8, 4) is 0 Å².